The molecule has 1 aromatic heterocycles. The van der Waals surface area contributed by atoms with Crippen molar-refractivity contribution in [1.82, 2.24) is 4.98 Å². The molecule has 0 bridgehead atoms. The Labute approximate surface area is 114 Å². The van der Waals surface area contributed by atoms with Gasteiger partial charge in [-0.1, -0.05) is 12.2 Å². The maximum Gasteiger partial charge on any atom is 0.124 e. The van der Waals surface area contributed by atoms with Gasteiger partial charge in [-0.05, 0) is 25.1 Å². The lowest BCUT2D eigenvalue weighted by Gasteiger charge is -2.10. The van der Waals surface area contributed by atoms with E-state index in [1.165, 1.54) is 12.1 Å². The second-order valence-electron chi connectivity index (χ2n) is 3.77. The summed E-state index contributed by atoms with van der Waals surface area (Å²) in [6, 6.07) is 4.33. The van der Waals surface area contributed by atoms with E-state index in [0.717, 1.165) is 16.4 Å². The highest BCUT2D eigenvalue weighted by atomic mass is 32.1. The number of nitrogens with two attached hydrogens (primary N) is 1. The molecule has 1 heterocycles. The number of thiazole rings is 1. The molecule has 0 radical (unpaired) electrons. The fourth-order valence-electron chi connectivity index (χ4n) is 1.55. The fraction of sp³-hybridized carbons (Fsp3) is 0.167. The Hall–Kier alpha value is -1.53. The Morgan fingerprint density at radius 2 is 2.33 bits per heavy atom. The first-order valence-electron chi connectivity index (χ1n) is 5.30. The van der Waals surface area contributed by atoms with E-state index in [2.05, 4.69) is 10.3 Å². The van der Waals surface area contributed by atoms with Gasteiger partial charge in [-0.2, -0.15) is 0 Å². The monoisotopic (exact) mass is 281 g/mol. The quantitative estimate of drug-likeness (QED) is 0.846. The molecule has 0 aliphatic carbocycles. The molecular weight excluding hydrogens is 269 g/mol. The van der Waals surface area contributed by atoms with Crippen LogP contribution in [0, 0.1) is 12.7 Å². The van der Waals surface area contributed by atoms with E-state index in [4.69, 9.17) is 18.0 Å². The van der Waals surface area contributed by atoms with Gasteiger partial charge in [-0.15, -0.1) is 11.3 Å². The highest BCUT2D eigenvalue weighted by molar-refractivity contribution is 7.80. The van der Waals surface area contributed by atoms with E-state index in [1.807, 2.05) is 12.3 Å². The molecule has 1 aromatic carbocycles. The smallest absolute Gasteiger partial charge is 0.124 e. The lowest BCUT2D eigenvalue weighted by Crippen LogP contribution is -2.13. The molecule has 2 aromatic rings. The lowest BCUT2D eigenvalue weighted by molar-refractivity contribution is 0.627. The number of aryl methyl sites for hydroxylation is 1. The number of nitrogens with one attached hydrogen (secondary N) is 1. The molecule has 0 saturated carbocycles. The second-order valence-corrected chi connectivity index (χ2v) is 5.27. The number of thiocarbonyl (C=S) groups is 1. The van der Waals surface area contributed by atoms with Crippen molar-refractivity contribution in [2.45, 2.75) is 13.5 Å². The van der Waals surface area contributed by atoms with Gasteiger partial charge in [0.05, 0.1) is 17.2 Å². The summed E-state index contributed by atoms with van der Waals surface area (Å²) < 4.78 is 13.1. The van der Waals surface area contributed by atoms with Crippen molar-refractivity contribution in [2.24, 2.45) is 5.73 Å². The molecule has 18 heavy (non-hydrogen) atoms. The highest BCUT2D eigenvalue weighted by Crippen LogP contribution is 2.18. The Kier molecular flexibility index (Phi) is 3.88. The Bertz CT molecular complexity index is 580. The average Bonchev–Trinajstić information content (AvgIpc) is 2.73. The third-order valence-electron chi connectivity index (χ3n) is 2.37. The molecule has 0 saturated heterocycles. The molecule has 2 rings (SSSR count). The van der Waals surface area contributed by atoms with Gasteiger partial charge in [0.2, 0.25) is 0 Å². The summed E-state index contributed by atoms with van der Waals surface area (Å²) in [7, 11) is 0. The predicted octanol–water partition coefficient (Wildman–Crippen LogP) is 2.84. The van der Waals surface area contributed by atoms with Crippen LogP contribution in [-0.2, 0) is 6.54 Å². The van der Waals surface area contributed by atoms with Crippen LogP contribution in [0.25, 0.3) is 0 Å². The number of benzene rings is 1. The first kappa shape index (κ1) is 12.9. The van der Waals surface area contributed by atoms with Crippen LogP contribution in [0.15, 0.2) is 23.6 Å². The van der Waals surface area contributed by atoms with E-state index < -0.39 is 0 Å². The number of nitrogens with zero attached hydrogens (tertiary/aromatic N) is 1. The minimum absolute atomic E-state index is 0.173. The first-order chi connectivity index (χ1) is 8.56. The van der Waals surface area contributed by atoms with Gasteiger partial charge in [0, 0.05) is 16.6 Å². The zero-order chi connectivity index (χ0) is 13.1. The van der Waals surface area contributed by atoms with Crippen LogP contribution in [0.3, 0.4) is 0 Å². The largest absolute Gasteiger partial charge is 0.389 e. The van der Waals surface area contributed by atoms with Gasteiger partial charge in [-0.25, -0.2) is 9.37 Å². The molecular formula is C12H12FN3S2. The number of anilines is 1. The lowest BCUT2D eigenvalue weighted by atomic mass is 10.1. The van der Waals surface area contributed by atoms with Crippen LogP contribution in [0.5, 0.6) is 0 Å². The molecule has 0 spiro atoms. The van der Waals surface area contributed by atoms with E-state index in [9.17, 15) is 4.39 Å². The van der Waals surface area contributed by atoms with Crippen molar-refractivity contribution in [3.8, 4) is 0 Å². The van der Waals surface area contributed by atoms with Gasteiger partial charge in [0.25, 0.3) is 0 Å². The molecule has 0 atom stereocenters. The first-order valence-corrected chi connectivity index (χ1v) is 6.59. The van der Waals surface area contributed by atoms with Crippen LogP contribution in [0.2, 0.25) is 0 Å². The summed E-state index contributed by atoms with van der Waals surface area (Å²) >= 11 is 6.49. The Morgan fingerprint density at radius 3 is 2.94 bits per heavy atom. The van der Waals surface area contributed by atoms with Crippen LogP contribution in [-0.4, -0.2) is 9.97 Å². The van der Waals surface area contributed by atoms with Gasteiger partial charge < -0.3 is 11.1 Å². The number of rotatable bonds is 4. The fourth-order valence-corrected chi connectivity index (χ4v) is 2.33. The van der Waals surface area contributed by atoms with E-state index in [-0.39, 0.29) is 10.8 Å². The van der Waals surface area contributed by atoms with Gasteiger partial charge in [0.1, 0.15) is 10.8 Å². The van der Waals surface area contributed by atoms with Gasteiger partial charge in [0.15, 0.2) is 0 Å². The van der Waals surface area contributed by atoms with Crippen molar-refractivity contribution in [1.29, 1.82) is 0 Å². The normalized spacial score (nSPS) is 10.3. The van der Waals surface area contributed by atoms with Crippen LogP contribution in [0.1, 0.15) is 16.3 Å². The van der Waals surface area contributed by atoms with E-state index >= 15 is 0 Å². The molecule has 6 heteroatoms. The maximum absolute atomic E-state index is 13.1. The molecule has 94 valence electrons. The SMILES string of the molecule is Cc1nc(CNc2ccc(F)cc2C(N)=S)cs1. The minimum Gasteiger partial charge on any atom is -0.389 e. The van der Waals surface area contributed by atoms with Crippen molar-refractivity contribution >= 4 is 34.2 Å². The summed E-state index contributed by atoms with van der Waals surface area (Å²) in [4.78, 5) is 4.51. The summed E-state index contributed by atoms with van der Waals surface area (Å²) in [6.45, 7) is 2.51. The summed E-state index contributed by atoms with van der Waals surface area (Å²) in [5.74, 6) is -0.354. The number of aromatic nitrogens is 1. The zero-order valence-corrected chi connectivity index (χ0v) is 11.4. The topological polar surface area (TPSA) is 50.9 Å². The van der Waals surface area contributed by atoms with Crippen molar-refractivity contribution in [2.75, 3.05) is 5.32 Å². The van der Waals surface area contributed by atoms with Crippen LogP contribution in [0.4, 0.5) is 10.1 Å². The Morgan fingerprint density at radius 1 is 1.56 bits per heavy atom. The van der Waals surface area contributed by atoms with Crippen LogP contribution < -0.4 is 11.1 Å². The third kappa shape index (κ3) is 3.02. The average molecular weight is 281 g/mol. The van der Waals surface area contributed by atoms with Gasteiger partial charge >= 0.3 is 0 Å². The van der Waals surface area contributed by atoms with Crippen molar-refractivity contribution in [3.05, 3.63) is 45.7 Å². The van der Waals surface area contributed by atoms with Crippen LogP contribution >= 0.6 is 23.6 Å². The van der Waals surface area contributed by atoms with E-state index in [0.29, 0.717) is 12.1 Å². The summed E-state index contributed by atoms with van der Waals surface area (Å²) in [5, 5.41) is 6.15. The highest BCUT2D eigenvalue weighted by Gasteiger charge is 2.07. The molecule has 0 aliphatic heterocycles. The van der Waals surface area contributed by atoms with Crippen molar-refractivity contribution in [3.63, 3.8) is 0 Å². The number of hydrogen-bond donors (Lipinski definition) is 2. The van der Waals surface area contributed by atoms with Gasteiger partial charge in [-0.3, -0.25) is 0 Å². The minimum atomic E-state index is -0.354. The molecule has 3 nitrogen and oxygen atoms in total. The molecule has 3 N–H and O–H groups in total. The predicted molar refractivity (Wildman–Crippen MR) is 76.5 cm³/mol. The van der Waals surface area contributed by atoms with Crippen molar-refractivity contribution < 1.29 is 4.39 Å². The second kappa shape index (κ2) is 5.41. The van der Waals surface area contributed by atoms with E-state index in [1.54, 1.807) is 17.4 Å². The summed E-state index contributed by atoms with van der Waals surface area (Å²) in [5.41, 5.74) is 7.74. The number of halogens is 1. The molecule has 0 amide bonds. The Balaban J connectivity index is 2.16. The molecule has 0 aliphatic rings. The third-order valence-corrected chi connectivity index (χ3v) is 3.42. The standard InChI is InChI=1S/C12H12FN3S2/c1-7-16-9(6-18-7)5-15-11-3-2-8(13)4-10(11)12(14)17/h2-4,6,15H,5H2,1H3,(H2,14,17). The zero-order valence-electron chi connectivity index (χ0n) is 9.74. The maximum atomic E-state index is 13.1. The molecule has 0 fully saturated rings. The molecule has 0 unspecified atom stereocenters. The number of hydrogen-bond acceptors (Lipinski definition) is 4. The summed E-state index contributed by atoms with van der Waals surface area (Å²) in [6.07, 6.45) is 0.